The van der Waals surface area contributed by atoms with E-state index in [9.17, 15) is 4.79 Å². The second-order valence-corrected chi connectivity index (χ2v) is 7.56. The molecule has 0 aromatic heterocycles. The summed E-state index contributed by atoms with van der Waals surface area (Å²) >= 11 is 17.7. The number of halogens is 3. The second kappa shape index (κ2) is 10.4. The van der Waals surface area contributed by atoms with Crippen molar-refractivity contribution in [2.24, 2.45) is 0 Å². The Bertz CT molecular complexity index is 1030. The van der Waals surface area contributed by atoms with Crippen LogP contribution >= 0.6 is 34.8 Å². The van der Waals surface area contributed by atoms with Crippen molar-refractivity contribution < 1.29 is 14.3 Å². The van der Waals surface area contributed by atoms with Crippen LogP contribution < -0.4 is 20.1 Å². The number of rotatable bonds is 8. The lowest BCUT2D eigenvalue weighted by Crippen LogP contribution is -2.20. The lowest BCUT2D eigenvalue weighted by molar-refractivity contribution is -0.118. The summed E-state index contributed by atoms with van der Waals surface area (Å²) in [7, 11) is 1.55. The quantitative estimate of drug-likeness (QED) is 0.411. The first-order valence-corrected chi connectivity index (χ1v) is 10.1. The number of methoxy groups -OCH3 is 1. The second-order valence-electron chi connectivity index (χ2n) is 6.31. The van der Waals surface area contributed by atoms with Gasteiger partial charge in [-0.3, -0.25) is 4.79 Å². The maximum Gasteiger partial charge on any atom is 0.262 e. The lowest BCUT2D eigenvalue weighted by Gasteiger charge is -2.13. The van der Waals surface area contributed by atoms with Crippen LogP contribution in [0.2, 0.25) is 15.1 Å². The van der Waals surface area contributed by atoms with Crippen molar-refractivity contribution in [3.63, 3.8) is 0 Å². The van der Waals surface area contributed by atoms with E-state index in [1.165, 1.54) is 0 Å². The fourth-order valence-corrected chi connectivity index (χ4v) is 3.05. The van der Waals surface area contributed by atoms with Gasteiger partial charge in [0, 0.05) is 22.9 Å². The Kier molecular flexibility index (Phi) is 7.69. The molecule has 0 radical (unpaired) electrons. The fourth-order valence-electron chi connectivity index (χ4n) is 2.63. The number of carbonyl (C=O) groups excluding carboxylic acids is 1. The van der Waals surface area contributed by atoms with Gasteiger partial charge in [0.15, 0.2) is 18.1 Å². The molecule has 3 aromatic carbocycles. The normalized spacial score (nSPS) is 10.4. The minimum Gasteiger partial charge on any atom is -0.493 e. The van der Waals surface area contributed by atoms with Gasteiger partial charge >= 0.3 is 0 Å². The molecule has 30 heavy (non-hydrogen) atoms. The van der Waals surface area contributed by atoms with Gasteiger partial charge in [0.05, 0.1) is 17.2 Å². The Balaban J connectivity index is 1.56. The minimum absolute atomic E-state index is 0.182. The van der Waals surface area contributed by atoms with E-state index in [4.69, 9.17) is 44.3 Å². The van der Waals surface area contributed by atoms with E-state index < -0.39 is 0 Å². The molecule has 0 aliphatic heterocycles. The first-order chi connectivity index (χ1) is 14.4. The highest BCUT2D eigenvalue weighted by Crippen LogP contribution is 2.29. The zero-order valence-electron chi connectivity index (χ0n) is 16.0. The molecule has 0 unspecified atom stereocenters. The third-order valence-corrected chi connectivity index (χ3v) is 5.12. The van der Waals surface area contributed by atoms with Crippen LogP contribution in [0.5, 0.6) is 11.5 Å². The van der Waals surface area contributed by atoms with Gasteiger partial charge in [-0.1, -0.05) is 40.9 Å². The predicted octanol–water partition coefficient (Wildman–Crippen LogP) is 6.29. The molecule has 0 atom stereocenters. The van der Waals surface area contributed by atoms with Crippen molar-refractivity contribution >= 4 is 52.1 Å². The van der Waals surface area contributed by atoms with Gasteiger partial charge in [-0.15, -0.1) is 0 Å². The zero-order valence-corrected chi connectivity index (χ0v) is 18.3. The molecule has 0 aliphatic rings. The molecular formula is C22H19Cl3N2O3. The van der Waals surface area contributed by atoms with Gasteiger partial charge in [0.1, 0.15) is 0 Å². The highest BCUT2D eigenvalue weighted by Gasteiger charge is 2.10. The van der Waals surface area contributed by atoms with Crippen molar-refractivity contribution in [2.45, 2.75) is 6.54 Å². The fraction of sp³-hybridized carbons (Fsp3) is 0.136. The van der Waals surface area contributed by atoms with Crippen LogP contribution in [0, 0.1) is 0 Å². The average molecular weight is 466 g/mol. The number of benzene rings is 3. The van der Waals surface area contributed by atoms with Crippen molar-refractivity contribution in [1.29, 1.82) is 0 Å². The number of anilines is 2. The largest absolute Gasteiger partial charge is 0.493 e. The van der Waals surface area contributed by atoms with Crippen LogP contribution in [0.15, 0.2) is 60.7 Å². The maximum absolute atomic E-state index is 12.2. The summed E-state index contributed by atoms with van der Waals surface area (Å²) in [6, 6.07) is 17.8. The molecule has 0 saturated heterocycles. The van der Waals surface area contributed by atoms with Crippen LogP contribution in [0.3, 0.4) is 0 Å². The van der Waals surface area contributed by atoms with Crippen molar-refractivity contribution in [3.8, 4) is 11.5 Å². The molecule has 0 saturated carbocycles. The molecule has 2 N–H and O–H groups in total. The van der Waals surface area contributed by atoms with Crippen LogP contribution in [0.4, 0.5) is 11.4 Å². The maximum atomic E-state index is 12.2. The first kappa shape index (κ1) is 22.1. The predicted molar refractivity (Wildman–Crippen MR) is 122 cm³/mol. The number of ether oxygens (including phenoxy) is 2. The van der Waals surface area contributed by atoms with E-state index >= 15 is 0 Å². The number of carbonyl (C=O) groups is 1. The first-order valence-electron chi connectivity index (χ1n) is 8.98. The molecule has 0 fully saturated rings. The summed E-state index contributed by atoms with van der Waals surface area (Å²) in [5.41, 5.74) is 2.49. The van der Waals surface area contributed by atoms with Crippen LogP contribution in [-0.2, 0) is 11.3 Å². The van der Waals surface area contributed by atoms with E-state index in [1.54, 1.807) is 31.4 Å². The monoisotopic (exact) mass is 464 g/mol. The topological polar surface area (TPSA) is 59.6 Å². The van der Waals surface area contributed by atoms with Crippen molar-refractivity contribution in [1.82, 2.24) is 0 Å². The molecule has 0 aliphatic carbocycles. The SMILES string of the molecule is COc1cc(CNc2ccc(Cl)cc2)ccc1OCC(=O)Nc1ccc(Cl)c(Cl)c1. The van der Waals surface area contributed by atoms with Gasteiger partial charge in [-0.05, 0) is 60.2 Å². The summed E-state index contributed by atoms with van der Waals surface area (Å²) < 4.78 is 11.0. The third-order valence-electron chi connectivity index (χ3n) is 4.13. The molecule has 156 valence electrons. The lowest BCUT2D eigenvalue weighted by atomic mass is 10.2. The number of amides is 1. The number of hydrogen-bond donors (Lipinski definition) is 2. The van der Waals surface area contributed by atoms with E-state index in [0.717, 1.165) is 11.3 Å². The van der Waals surface area contributed by atoms with E-state index in [0.29, 0.717) is 38.8 Å². The van der Waals surface area contributed by atoms with Gasteiger partial charge in [0.25, 0.3) is 5.91 Å². The highest BCUT2D eigenvalue weighted by molar-refractivity contribution is 6.42. The summed E-state index contributed by atoms with van der Waals surface area (Å²) in [5, 5.41) is 7.48. The molecule has 3 aromatic rings. The molecule has 5 nitrogen and oxygen atoms in total. The average Bonchev–Trinajstić information content (AvgIpc) is 2.74. The van der Waals surface area contributed by atoms with Crippen LogP contribution in [0.1, 0.15) is 5.56 Å². The Hall–Kier alpha value is -2.60. The van der Waals surface area contributed by atoms with Gasteiger partial charge < -0.3 is 20.1 Å². The minimum atomic E-state index is -0.330. The van der Waals surface area contributed by atoms with Crippen molar-refractivity contribution in [3.05, 3.63) is 81.3 Å². The number of hydrogen-bond acceptors (Lipinski definition) is 4. The summed E-state index contributed by atoms with van der Waals surface area (Å²) in [6.45, 7) is 0.412. The summed E-state index contributed by atoms with van der Waals surface area (Å²) in [6.07, 6.45) is 0. The number of nitrogens with one attached hydrogen (secondary N) is 2. The molecular weight excluding hydrogens is 447 g/mol. The molecule has 1 amide bonds. The van der Waals surface area contributed by atoms with Crippen LogP contribution in [0.25, 0.3) is 0 Å². The Morgan fingerprint density at radius 3 is 2.30 bits per heavy atom. The molecule has 8 heteroatoms. The van der Waals surface area contributed by atoms with Crippen LogP contribution in [-0.4, -0.2) is 19.6 Å². The van der Waals surface area contributed by atoms with Crippen molar-refractivity contribution in [2.75, 3.05) is 24.4 Å². The Morgan fingerprint density at radius 2 is 1.60 bits per heavy atom. The third kappa shape index (κ3) is 6.20. The zero-order chi connectivity index (χ0) is 21.5. The van der Waals surface area contributed by atoms with Gasteiger partial charge in [-0.25, -0.2) is 0 Å². The molecule has 3 rings (SSSR count). The van der Waals surface area contributed by atoms with E-state index in [2.05, 4.69) is 10.6 Å². The van der Waals surface area contributed by atoms with E-state index in [1.807, 2.05) is 36.4 Å². The van der Waals surface area contributed by atoms with Gasteiger partial charge in [-0.2, -0.15) is 0 Å². The molecule has 0 heterocycles. The van der Waals surface area contributed by atoms with Gasteiger partial charge in [0.2, 0.25) is 0 Å². The standard InChI is InChI=1S/C22H19Cl3N2O3/c1-29-21-10-14(12-26-16-5-3-15(23)4-6-16)2-9-20(21)30-13-22(28)27-17-7-8-18(24)19(25)11-17/h2-11,26H,12-13H2,1H3,(H,27,28). The summed E-state index contributed by atoms with van der Waals surface area (Å²) in [5.74, 6) is 0.675. The Morgan fingerprint density at radius 1 is 0.867 bits per heavy atom. The highest BCUT2D eigenvalue weighted by atomic mass is 35.5. The van der Waals surface area contributed by atoms with E-state index in [-0.39, 0.29) is 12.5 Å². The Labute approximate surface area is 189 Å². The smallest absolute Gasteiger partial charge is 0.262 e. The molecule has 0 spiro atoms. The summed E-state index contributed by atoms with van der Waals surface area (Å²) in [4.78, 5) is 12.2. The molecule has 0 bridgehead atoms.